The van der Waals surface area contributed by atoms with Gasteiger partial charge in [0.1, 0.15) is 0 Å². The highest BCUT2D eigenvalue weighted by molar-refractivity contribution is 5.79. The predicted molar refractivity (Wildman–Crippen MR) is 174 cm³/mol. The summed E-state index contributed by atoms with van der Waals surface area (Å²) in [6.07, 6.45) is 8.35. The molecule has 44 heavy (non-hydrogen) atoms. The normalized spacial score (nSPS) is 28.9. The molecule has 252 valence electrons. The molecule has 0 aromatic carbocycles. The van der Waals surface area contributed by atoms with Crippen LogP contribution in [-0.4, -0.2) is 95.0 Å². The molecule has 2 aliphatic heterocycles. The van der Waals surface area contributed by atoms with Crippen LogP contribution in [0, 0.1) is 17.3 Å². The van der Waals surface area contributed by atoms with E-state index < -0.39 is 18.2 Å². The SMILES string of the molecule is C=C/C=C(\C)[C@H](CCN1/C(=C/C)C2CC3(CC21)CN(CC(C)(C)COC)C(O)N3C(C)C)NC(=O)C(CC)CCC(C)(F)F. The van der Waals surface area contributed by atoms with Crippen LogP contribution in [0.15, 0.2) is 36.1 Å². The van der Waals surface area contributed by atoms with Gasteiger partial charge in [-0.15, -0.1) is 0 Å². The van der Waals surface area contributed by atoms with Crippen molar-refractivity contribution in [2.75, 3.05) is 33.4 Å². The molecule has 9 heteroatoms. The van der Waals surface area contributed by atoms with Crippen LogP contribution in [0.5, 0.6) is 0 Å². The number of fused-ring (bicyclic) bond motifs is 1. The van der Waals surface area contributed by atoms with Crippen molar-refractivity contribution in [2.45, 2.75) is 130 Å². The first kappa shape index (κ1) is 36.7. The van der Waals surface area contributed by atoms with Crippen LogP contribution in [0.25, 0.3) is 0 Å². The summed E-state index contributed by atoms with van der Waals surface area (Å²) in [6, 6.07) is 0.367. The van der Waals surface area contributed by atoms with Gasteiger partial charge in [0.25, 0.3) is 0 Å². The van der Waals surface area contributed by atoms with Gasteiger partial charge in [0.15, 0.2) is 6.35 Å². The Labute approximate surface area is 265 Å². The van der Waals surface area contributed by atoms with E-state index in [1.807, 2.05) is 19.9 Å². The number of alkyl halides is 2. The number of halogens is 2. The lowest BCUT2D eigenvalue weighted by Gasteiger charge is -2.49. The summed E-state index contributed by atoms with van der Waals surface area (Å²) in [7, 11) is 1.73. The zero-order valence-electron chi connectivity index (χ0n) is 28.8. The third kappa shape index (κ3) is 8.31. The number of methoxy groups -OCH3 is 1. The van der Waals surface area contributed by atoms with Gasteiger partial charge in [0.2, 0.25) is 11.8 Å². The quantitative estimate of drug-likeness (QED) is 0.201. The molecule has 3 fully saturated rings. The van der Waals surface area contributed by atoms with Crippen LogP contribution < -0.4 is 5.32 Å². The lowest BCUT2D eigenvalue weighted by atomic mass is 9.85. The number of amides is 1. The Bertz CT molecular complexity index is 1060. The van der Waals surface area contributed by atoms with Gasteiger partial charge in [-0.05, 0) is 66.7 Å². The highest BCUT2D eigenvalue weighted by Gasteiger charge is 2.62. The summed E-state index contributed by atoms with van der Waals surface area (Å²) < 4.78 is 32.6. The summed E-state index contributed by atoms with van der Waals surface area (Å²) in [5.41, 5.74) is 2.16. The number of ether oxygens (including phenoxy) is 1. The molecule has 1 aliphatic carbocycles. The van der Waals surface area contributed by atoms with Crippen LogP contribution in [0.4, 0.5) is 8.78 Å². The minimum absolute atomic E-state index is 0.0769. The lowest BCUT2D eigenvalue weighted by Crippen LogP contribution is -2.53. The summed E-state index contributed by atoms with van der Waals surface area (Å²) in [4.78, 5) is 20.3. The zero-order chi connectivity index (χ0) is 33.0. The van der Waals surface area contributed by atoms with Gasteiger partial charge >= 0.3 is 0 Å². The fourth-order valence-corrected chi connectivity index (χ4v) is 8.25. The number of carbonyl (C=O) groups excluding carboxylic acids is 1. The van der Waals surface area contributed by atoms with E-state index in [0.29, 0.717) is 31.4 Å². The second-order valence-corrected chi connectivity index (χ2v) is 14.8. The Kier molecular flexibility index (Phi) is 12.3. The predicted octanol–water partition coefficient (Wildman–Crippen LogP) is 6.17. The first-order valence-corrected chi connectivity index (χ1v) is 16.6. The van der Waals surface area contributed by atoms with E-state index in [1.54, 1.807) is 13.2 Å². The fraction of sp³-hybridized carbons (Fsp3) is 0.800. The van der Waals surface area contributed by atoms with Gasteiger partial charge in [0, 0.05) is 73.7 Å². The average Bonchev–Trinajstić information content (AvgIpc) is 3.36. The third-order valence-corrected chi connectivity index (χ3v) is 10.1. The molecule has 7 nitrogen and oxygen atoms in total. The van der Waals surface area contributed by atoms with Crippen molar-refractivity contribution in [3.05, 3.63) is 36.1 Å². The Morgan fingerprint density at radius 3 is 2.48 bits per heavy atom. The van der Waals surface area contributed by atoms with Crippen molar-refractivity contribution in [2.24, 2.45) is 17.3 Å². The van der Waals surface area contributed by atoms with Crippen molar-refractivity contribution in [3.63, 3.8) is 0 Å². The number of hydrogen-bond donors (Lipinski definition) is 2. The maximum atomic E-state index is 13.5. The highest BCUT2D eigenvalue weighted by atomic mass is 19.3. The Hall–Kier alpha value is -1.81. The van der Waals surface area contributed by atoms with Crippen molar-refractivity contribution < 1.29 is 23.4 Å². The number of nitrogens with zero attached hydrogens (tertiary/aromatic N) is 3. The molecule has 2 N–H and O–H groups in total. The number of rotatable bonds is 16. The standard InChI is InChI=1S/C35H60F2N4O3/c1-11-14-25(6)28(38-31(42)26(12-2)15-17-34(9,36)37)16-18-40-29(13-3)27-19-35(20-30(27)40)22-39(21-33(7,8)23-44-10)32(43)41(35)24(4)5/h11,13-14,24,26-28,30,32,43H,1,12,15-23H2,2-10H3,(H,38,42)/b25-14+,29-13+/t26?,27?,28-,30?,32?,35?/m0/s1. The topological polar surface area (TPSA) is 68.3 Å². The zero-order valence-corrected chi connectivity index (χ0v) is 28.8. The van der Waals surface area contributed by atoms with Gasteiger partial charge in [-0.1, -0.05) is 51.2 Å². The fourth-order valence-electron chi connectivity index (χ4n) is 8.25. The molecular formula is C35H60F2N4O3. The second-order valence-electron chi connectivity index (χ2n) is 14.8. The van der Waals surface area contributed by atoms with Crippen LogP contribution in [0.3, 0.4) is 0 Å². The molecule has 1 spiro atoms. The molecular weight excluding hydrogens is 562 g/mol. The Morgan fingerprint density at radius 2 is 1.93 bits per heavy atom. The van der Waals surface area contributed by atoms with Crippen molar-refractivity contribution in [1.29, 1.82) is 0 Å². The van der Waals surface area contributed by atoms with Gasteiger partial charge in [0.05, 0.1) is 12.6 Å². The number of aliphatic hydroxyl groups excluding tert-OH is 1. The van der Waals surface area contributed by atoms with E-state index in [9.17, 15) is 18.7 Å². The Morgan fingerprint density at radius 1 is 1.25 bits per heavy atom. The summed E-state index contributed by atoms with van der Waals surface area (Å²) in [5.74, 6) is -2.94. The van der Waals surface area contributed by atoms with Crippen LogP contribution >= 0.6 is 0 Å². The largest absolute Gasteiger partial charge is 0.384 e. The van der Waals surface area contributed by atoms with E-state index >= 15 is 0 Å². The van der Waals surface area contributed by atoms with E-state index in [1.165, 1.54) is 5.70 Å². The molecule has 2 saturated heterocycles. The first-order chi connectivity index (χ1) is 20.5. The van der Waals surface area contributed by atoms with Gasteiger partial charge in [-0.2, -0.15) is 0 Å². The molecule has 0 aromatic rings. The molecule has 2 heterocycles. The average molecular weight is 623 g/mol. The maximum absolute atomic E-state index is 13.5. The minimum Gasteiger partial charge on any atom is -0.384 e. The summed E-state index contributed by atoms with van der Waals surface area (Å²) in [5, 5.41) is 14.8. The van der Waals surface area contributed by atoms with Gasteiger partial charge in [-0.3, -0.25) is 14.6 Å². The number of aliphatic hydroxyl groups is 1. The molecule has 6 atom stereocenters. The lowest BCUT2D eigenvalue weighted by molar-refractivity contribution is -0.126. The number of hydrogen-bond acceptors (Lipinski definition) is 6. The number of nitrogens with one attached hydrogen (secondary N) is 1. The van der Waals surface area contributed by atoms with Crippen molar-refractivity contribution in [3.8, 4) is 0 Å². The van der Waals surface area contributed by atoms with Gasteiger partial charge < -0.3 is 20.1 Å². The smallest absolute Gasteiger partial charge is 0.245 e. The number of allylic oxidation sites excluding steroid dienone is 3. The summed E-state index contributed by atoms with van der Waals surface area (Å²) >= 11 is 0. The van der Waals surface area contributed by atoms with Crippen molar-refractivity contribution >= 4 is 5.91 Å². The molecule has 0 radical (unpaired) electrons. The number of carbonyl (C=O) groups is 1. The first-order valence-electron chi connectivity index (χ1n) is 16.6. The molecule has 0 bridgehead atoms. The second kappa shape index (κ2) is 14.7. The molecule has 3 rings (SSSR count). The molecule has 1 saturated carbocycles. The van der Waals surface area contributed by atoms with Crippen LogP contribution in [0.2, 0.25) is 0 Å². The molecule has 0 aromatic heterocycles. The number of likely N-dealkylation sites (tertiary alicyclic amines) is 1. The third-order valence-electron chi connectivity index (χ3n) is 10.1. The van der Waals surface area contributed by atoms with Crippen LogP contribution in [-0.2, 0) is 9.53 Å². The molecule has 5 unspecified atom stereocenters. The van der Waals surface area contributed by atoms with E-state index in [0.717, 1.165) is 45.0 Å². The van der Waals surface area contributed by atoms with Gasteiger partial charge in [-0.25, -0.2) is 8.78 Å². The maximum Gasteiger partial charge on any atom is 0.245 e. The highest BCUT2D eigenvalue weighted by Crippen LogP contribution is 2.56. The van der Waals surface area contributed by atoms with E-state index in [-0.39, 0.29) is 41.8 Å². The molecule has 3 aliphatic rings. The minimum atomic E-state index is -2.78. The molecule has 1 amide bonds. The summed E-state index contributed by atoms with van der Waals surface area (Å²) in [6.45, 7) is 22.5. The monoisotopic (exact) mass is 622 g/mol. The Balaban J connectivity index is 1.75. The van der Waals surface area contributed by atoms with Crippen molar-refractivity contribution in [1.82, 2.24) is 20.0 Å². The van der Waals surface area contributed by atoms with Crippen LogP contribution in [0.1, 0.15) is 93.9 Å². The van der Waals surface area contributed by atoms with E-state index in [4.69, 9.17) is 4.74 Å². The van der Waals surface area contributed by atoms with E-state index in [2.05, 4.69) is 67.3 Å².